The van der Waals surface area contributed by atoms with Crippen molar-refractivity contribution in [2.75, 3.05) is 85.9 Å². The number of urea groups is 1. The van der Waals surface area contributed by atoms with Gasteiger partial charge in [0.25, 0.3) is 11.8 Å². The van der Waals surface area contributed by atoms with E-state index in [9.17, 15) is 43.5 Å². The molecule has 98 heavy (non-hydrogen) atoms. The molecule has 546 valence electrons. The SMILES string of the molecule is C=C1C[C@@H]2CC[C@@]34C[C@H]5OC6C(O[C@H]7CC[C@H](CC(=O)C[C@@H]8[C@@H](OC)[C@@H](C[C@H](O)CNC(=O)[C@H](CCCNC(N)=O)NC(=O)[C@@H](NC(=O)CCN9CCOCCN(C(=O)CCCN%10C(=O)C=CC%10=O)CCOCC9)C(C)C)O[C@H]8C[C@H]8O[C@@H](CC[C@@H]1O2)C[C@@H](C)C8=C)O[C@@H]7[C@@H]6O3)[C@H]5O4. The second kappa shape index (κ2) is 33.6. The Bertz CT molecular complexity index is 2870. The van der Waals surface area contributed by atoms with E-state index in [0.29, 0.717) is 84.5 Å². The number of nitrogens with one attached hydrogen (secondary N) is 4. The van der Waals surface area contributed by atoms with Crippen molar-refractivity contribution >= 4 is 47.3 Å². The fourth-order valence-corrected chi connectivity index (χ4v) is 16.5. The van der Waals surface area contributed by atoms with Gasteiger partial charge in [0.1, 0.15) is 48.4 Å². The molecule has 0 radical (unpaired) electrons. The van der Waals surface area contributed by atoms with Gasteiger partial charge in [-0.15, -0.1) is 0 Å². The number of aliphatic hydroxyl groups excluding tert-OH is 1. The maximum absolute atomic E-state index is 14.7. The van der Waals surface area contributed by atoms with Gasteiger partial charge in [0, 0.05) is 129 Å². The van der Waals surface area contributed by atoms with E-state index >= 15 is 0 Å². The van der Waals surface area contributed by atoms with Crippen LogP contribution in [0.3, 0.4) is 0 Å². The molecular formula is C70H106N8O20. The number of amides is 8. The number of ether oxygens (including phenoxy) is 11. The molecular weight excluding hydrogens is 1270 g/mol. The van der Waals surface area contributed by atoms with Gasteiger partial charge in [-0.25, -0.2) is 4.79 Å². The molecule has 12 heterocycles. The number of carbonyl (C=O) groups is 8. The van der Waals surface area contributed by atoms with Gasteiger partial charge in [0.05, 0.1) is 93.6 Å². The number of rotatable bonds is 21. The largest absolute Gasteiger partial charge is 0.391 e. The molecule has 11 saturated heterocycles. The van der Waals surface area contributed by atoms with Crippen molar-refractivity contribution in [3.8, 4) is 0 Å². The Labute approximate surface area is 574 Å². The molecule has 0 aliphatic carbocycles. The van der Waals surface area contributed by atoms with Gasteiger partial charge < -0.3 is 89.1 Å². The fourth-order valence-electron chi connectivity index (χ4n) is 16.5. The Balaban J connectivity index is 0.693. The maximum atomic E-state index is 14.7. The smallest absolute Gasteiger partial charge is 0.312 e. The first kappa shape index (κ1) is 73.9. The molecule has 0 saturated carbocycles. The zero-order valence-corrected chi connectivity index (χ0v) is 57.5. The van der Waals surface area contributed by atoms with E-state index in [-0.39, 0.29) is 156 Å². The molecule has 11 fully saturated rings. The predicted molar refractivity (Wildman–Crippen MR) is 350 cm³/mol. The summed E-state index contributed by atoms with van der Waals surface area (Å²) < 4.78 is 72.9. The number of Topliss-reactive ketones (excluding diaryl/α,β-unsaturated/α-hetero) is 1. The first-order valence-corrected chi connectivity index (χ1v) is 36.1. The van der Waals surface area contributed by atoms with Gasteiger partial charge in [-0.3, -0.25) is 43.4 Å². The van der Waals surface area contributed by atoms with Crippen molar-refractivity contribution < 1.29 is 95.6 Å². The van der Waals surface area contributed by atoms with Crippen LogP contribution in [0.15, 0.2) is 36.5 Å². The lowest BCUT2D eigenvalue weighted by atomic mass is 9.81. The number of hydrogen-bond donors (Lipinski definition) is 6. The Kier molecular flexibility index (Phi) is 25.4. The van der Waals surface area contributed by atoms with Crippen LogP contribution in [0.1, 0.15) is 136 Å². The van der Waals surface area contributed by atoms with E-state index < -0.39 is 102 Å². The van der Waals surface area contributed by atoms with Crippen LogP contribution in [0.25, 0.3) is 0 Å². The number of ketones is 1. The zero-order valence-electron chi connectivity index (χ0n) is 57.5. The summed E-state index contributed by atoms with van der Waals surface area (Å²) in [5.41, 5.74) is 7.36. The lowest BCUT2D eigenvalue weighted by molar-refractivity contribution is -0.292. The first-order chi connectivity index (χ1) is 47.1. The number of imide groups is 1. The molecule has 12 aliphatic heterocycles. The van der Waals surface area contributed by atoms with E-state index in [1.807, 2.05) is 4.90 Å². The van der Waals surface area contributed by atoms with Crippen LogP contribution in [0.2, 0.25) is 0 Å². The maximum Gasteiger partial charge on any atom is 0.312 e. The summed E-state index contributed by atoms with van der Waals surface area (Å²) in [6.45, 7) is 17.8. The summed E-state index contributed by atoms with van der Waals surface area (Å²) in [7, 11) is 1.57. The third-order valence-electron chi connectivity index (χ3n) is 21.9. The normalized spacial score (nSPS) is 36.4. The molecule has 0 aromatic heterocycles. The molecule has 0 aromatic rings. The minimum Gasteiger partial charge on any atom is -0.391 e. The van der Waals surface area contributed by atoms with Crippen LogP contribution in [-0.4, -0.2) is 268 Å². The Morgan fingerprint density at radius 2 is 1.41 bits per heavy atom. The second-order valence-corrected chi connectivity index (χ2v) is 29.2. The molecule has 12 bridgehead atoms. The summed E-state index contributed by atoms with van der Waals surface area (Å²) in [6.07, 6.45) is 3.91. The lowest BCUT2D eigenvalue weighted by Gasteiger charge is -2.47. The van der Waals surface area contributed by atoms with Crippen molar-refractivity contribution in [1.29, 1.82) is 0 Å². The van der Waals surface area contributed by atoms with Crippen molar-refractivity contribution in [2.24, 2.45) is 23.5 Å². The number of fused-ring (bicyclic) bond motifs is 6. The minimum atomic E-state index is -1.18. The number of nitrogens with two attached hydrogens (primary N) is 1. The van der Waals surface area contributed by atoms with Crippen LogP contribution >= 0.6 is 0 Å². The van der Waals surface area contributed by atoms with E-state index in [4.69, 9.17) is 57.8 Å². The summed E-state index contributed by atoms with van der Waals surface area (Å²) in [5, 5.41) is 22.9. The molecule has 21 atom stereocenters. The molecule has 12 rings (SSSR count). The molecule has 8 amide bonds. The van der Waals surface area contributed by atoms with Crippen molar-refractivity contribution in [3.05, 3.63) is 36.5 Å². The summed E-state index contributed by atoms with van der Waals surface area (Å²) in [6, 6.07) is -2.95. The zero-order chi connectivity index (χ0) is 69.4. The highest BCUT2D eigenvalue weighted by Crippen LogP contribution is 2.54. The molecule has 7 N–H and O–H groups in total. The first-order valence-electron chi connectivity index (χ1n) is 36.1. The van der Waals surface area contributed by atoms with Gasteiger partial charge in [-0.2, -0.15) is 0 Å². The molecule has 0 aromatic carbocycles. The Morgan fingerprint density at radius 1 is 0.714 bits per heavy atom. The highest BCUT2D eigenvalue weighted by molar-refractivity contribution is 6.12. The van der Waals surface area contributed by atoms with Gasteiger partial charge in [-0.05, 0) is 87.2 Å². The number of nitrogens with zero attached hydrogens (tertiary/aromatic N) is 3. The third-order valence-corrected chi connectivity index (χ3v) is 21.9. The molecule has 28 nitrogen and oxygen atoms in total. The second-order valence-electron chi connectivity index (χ2n) is 29.2. The number of methoxy groups -OCH3 is 1. The summed E-state index contributed by atoms with van der Waals surface area (Å²) >= 11 is 0. The summed E-state index contributed by atoms with van der Waals surface area (Å²) in [4.78, 5) is 110. The quantitative estimate of drug-likeness (QED) is 0.0543. The van der Waals surface area contributed by atoms with Crippen molar-refractivity contribution in [1.82, 2.24) is 36.0 Å². The lowest BCUT2D eigenvalue weighted by Crippen LogP contribution is -2.61. The van der Waals surface area contributed by atoms with Gasteiger partial charge >= 0.3 is 6.03 Å². The topological polar surface area (TPSA) is 342 Å². The number of aliphatic hydroxyl groups is 1. The highest BCUT2D eigenvalue weighted by Gasteiger charge is 2.69. The monoisotopic (exact) mass is 1380 g/mol. The van der Waals surface area contributed by atoms with Crippen LogP contribution in [-0.2, 0) is 85.7 Å². The number of carbonyl (C=O) groups excluding carboxylic acids is 8. The molecule has 2 unspecified atom stereocenters. The average Bonchev–Trinajstić information content (AvgIpc) is 1.55. The van der Waals surface area contributed by atoms with Crippen LogP contribution < -0.4 is 27.0 Å². The van der Waals surface area contributed by atoms with E-state index in [1.165, 1.54) is 12.2 Å². The van der Waals surface area contributed by atoms with Crippen LogP contribution in [0.4, 0.5) is 4.79 Å². The van der Waals surface area contributed by atoms with Gasteiger partial charge in [0.2, 0.25) is 23.6 Å². The average molecular weight is 1380 g/mol. The van der Waals surface area contributed by atoms with E-state index in [2.05, 4.69) is 41.3 Å². The van der Waals surface area contributed by atoms with Crippen LogP contribution in [0.5, 0.6) is 0 Å². The predicted octanol–water partition coefficient (Wildman–Crippen LogP) is 1.94. The Morgan fingerprint density at radius 3 is 2.14 bits per heavy atom. The van der Waals surface area contributed by atoms with E-state index in [1.54, 1.807) is 25.9 Å². The van der Waals surface area contributed by atoms with Crippen molar-refractivity contribution in [3.63, 3.8) is 0 Å². The third kappa shape index (κ3) is 18.3. The molecule has 1 spiro atoms. The highest BCUT2D eigenvalue weighted by atomic mass is 16.8. The molecule has 12 aliphatic rings. The van der Waals surface area contributed by atoms with Crippen molar-refractivity contribution in [2.45, 2.75) is 252 Å². The summed E-state index contributed by atoms with van der Waals surface area (Å²) in [5.74, 6) is -4.13. The van der Waals surface area contributed by atoms with Gasteiger partial charge in [0.15, 0.2) is 5.79 Å². The minimum absolute atomic E-state index is 0.0145. The van der Waals surface area contributed by atoms with Crippen LogP contribution in [0, 0.1) is 17.8 Å². The molecule has 28 heteroatoms. The standard InChI is InChI=1S/C70H106N8O20/c1-39(2)60(75-56(81)18-22-76-23-27-89-29-25-77(26-30-90-28-24-76)57(82)10-8-21-78-58(83)15-16-59(78)84)68(86)74-49(9-7-20-72-69(71)87)67(85)73-38-44(80)35-54-61(88-6)48-34-43(79)33-46-12-14-51-62(93-46)66-65-64(95-51)63-55(96-65)37-70(97-63,98-66)19-17-47-32-41(4)50(91-47)13-11-45-31-40(3)42(5)52(92-45)36-53(48)94-54/h15-16,39-40,44-55,60-66,80H,4-5,7-14,17-38H2,1-3,6H3,(H,73,85)(H,74,86)(H,75,81)(H3,71,72,87)/t40-,44+,45+,46-,47+,48+,49+,50+,51+,52-,53+,54-,55-,60+,61-,62+,63+,64?,65?,66+,70+/m1/s1. The Hall–Kier alpha value is -5.34. The van der Waals surface area contributed by atoms with E-state index in [0.717, 1.165) is 48.2 Å². The van der Waals surface area contributed by atoms with Gasteiger partial charge in [-0.1, -0.05) is 33.9 Å². The number of primary amides is 1. The fraction of sp³-hybridized carbons (Fsp3) is 0.800. The number of hydrogen-bond acceptors (Lipinski definition) is 21.